The molecule has 0 saturated heterocycles. The Balaban J connectivity index is 2.27. The highest BCUT2D eigenvalue weighted by Crippen LogP contribution is 2.32. The van der Waals surface area contributed by atoms with Crippen LogP contribution < -0.4 is 0 Å². The molecule has 0 aliphatic heterocycles. The van der Waals surface area contributed by atoms with E-state index in [-0.39, 0.29) is 5.97 Å². The molecule has 1 rings (SSSR count). The van der Waals surface area contributed by atoms with Crippen molar-refractivity contribution in [2.24, 2.45) is 5.41 Å². The lowest BCUT2D eigenvalue weighted by molar-refractivity contribution is -0.155. The summed E-state index contributed by atoms with van der Waals surface area (Å²) < 4.78 is 5.23. The van der Waals surface area contributed by atoms with Crippen molar-refractivity contribution in [2.75, 3.05) is 6.61 Å². The summed E-state index contributed by atoms with van der Waals surface area (Å²) in [6.45, 7) is 6.10. The van der Waals surface area contributed by atoms with Gasteiger partial charge in [-0.05, 0) is 33.1 Å². The molecule has 0 amide bonds. The molecule has 0 spiro atoms. The Labute approximate surface area is 98.2 Å². The molecule has 3 nitrogen and oxygen atoms in total. The predicted octanol–water partition coefficient (Wildman–Crippen LogP) is 2.66. The van der Waals surface area contributed by atoms with Crippen LogP contribution in [0.15, 0.2) is 0 Å². The summed E-state index contributed by atoms with van der Waals surface area (Å²) >= 11 is 0. The van der Waals surface area contributed by atoms with Gasteiger partial charge in [0, 0.05) is 6.42 Å². The van der Waals surface area contributed by atoms with Crippen molar-refractivity contribution < 1.29 is 14.6 Å². The fraction of sp³-hybridized carbons (Fsp3) is 0.923. The average molecular weight is 228 g/mol. The molecule has 0 unspecified atom stereocenters. The third-order valence-electron chi connectivity index (χ3n) is 3.77. The second-order valence-electron chi connectivity index (χ2n) is 5.55. The molecule has 0 bridgehead atoms. The third kappa shape index (κ3) is 3.48. The van der Waals surface area contributed by atoms with Gasteiger partial charge in [0.25, 0.3) is 0 Å². The lowest BCUT2D eigenvalue weighted by Gasteiger charge is -2.24. The Morgan fingerprint density at radius 2 is 1.94 bits per heavy atom. The number of esters is 1. The van der Waals surface area contributed by atoms with Crippen molar-refractivity contribution in [2.45, 2.75) is 64.9 Å². The normalized spacial score (nSPS) is 19.8. The summed E-state index contributed by atoms with van der Waals surface area (Å²) in [5.41, 5.74) is -0.977. The number of ether oxygens (including phenoxy) is 1. The highest BCUT2D eigenvalue weighted by Gasteiger charge is 2.32. The lowest BCUT2D eigenvalue weighted by Crippen LogP contribution is -2.30. The molecular weight excluding hydrogens is 204 g/mol. The zero-order valence-electron chi connectivity index (χ0n) is 10.7. The minimum atomic E-state index is -0.573. The van der Waals surface area contributed by atoms with E-state index in [0.717, 1.165) is 32.1 Å². The second-order valence-corrected chi connectivity index (χ2v) is 5.55. The summed E-state index contributed by atoms with van der Waals surface area (Å²) in [6, 6.07) is 0. The Morgan fingerprint density at radius 1 is 1.38 bits per heavy atom. The van der Waals surface area contributed by atoms with Crippen molar-refractivity contribution in [1.82, 2.24) is 0 Å². The van der Waals surface area contributed by atoms with Crippen LogP contribution in [0.3, 0.4) is 0 Å². The molecule has 3 heteroatoms. The molecule has 1 N–H and O–H groups in total. The first-order valence-electron chi connectivity index (χ1n) is 6.29. The fourth-order valence-electron chi connectivity index (χ4n) is 1.96. The molecule has 1 aliphatic carbocycles. The van der Waals surface area contributed by atoms with Gasteiger partial charge in [0.2, 0.25) is 0 Å². The molecule has 1 fully saturated rings. The number of aliphatic hydroxyl groups is 1. The van der Waals surface area contributed by atoms with Crippen molar-refractivity contribution in [3.05, 3.63) is 0 Å². The highest BCUT2D eigenvalue weighted by molar-refractivity contribution is 5.75. The second kappa shape index (κ2) is 5.17. The molecule has 16 heavy (non-hydrogen) atoms. The van der Waals surface area contributed by atoms with Crippen LogP contribution in [0.4, 0.5) is 0 Å². The molecule has 0 aromatic carbocycles. The van der Waals surface area contributed by atoms with E-state index in [1.165, 1.54) is 0 Å². The van der Waals surface area contributed by atoms with E-state index in [9.17, 15) is 9.90 Å². The van der Waals surface area contributed by atoms with E-state index < -0.39 is 11.0 Å². The van der Waals surface area contributed by atoms with Gasteiger partial charge in [0.05, 0.1) is 17.6 Å². The van der Waals surface area contributed by atoms with Gasteiger partial charge >= 0.3 is 5.97 Å². The van der Waals surface area contributed by atoms with Crippen molar-refractivity contribution >= 4 is 5.97 Å². The first-order valence-corrected chi connectivity index (χ1v) is 6.29. The number of hydrogen-bond donors (Lipinski definition) is 1. The third-order valence-corrected chi connectivity index (χ3v) is 3.77. The quantitative estimate of drug-likeness (QED) is 0.736. The molecule has 94 valence electrons. The smallest absolute Gasteiger partial charge is 0.311 e. The summed E-state index contributed by atoms with van der Waals surface area (Å²) in [6.07, 6.45) is 5.23. The Kier molecular flexibility index (Phi) is 4.36. The number of rotatable bonds is 5. The van der Waals surface area contributed by atoms with Crippen LogP contribution in [0.2, 0.25) is 0 Å². The van der Waals surface area contributed by atoms with E-state index >= 15 is 0 Å². The topological polar surface area (TPSA) is 46.5 Å². The van der Waals surface area contributed by atoms with Crippen LogP contribution in [0.1, 0.15) is 59.3 Å². The molecule has 1 saturated carbocycles. The number of carbonyl (C=O) groups excluding carboxylic acids is 1. The Hall–Kier alpha value is -0.570. The van der Waals surface area contributed by atoms with E-state index in [1.807, 2.05) is 20.8 Å². The van der Waals surface area contributed by atoms with Gasteiger partial charge in [-0.3, -0.25) is 4.79 Å². The summed E-state index contributed by atoms with van der Waals surface area (Å²) in [5.74, 6) is -0.156. The van der Waals surface area contributed by atoms with Gasteiger partial charge in [0.1, 0.15) is 0 Å². The first-order chi connectivity index (χ1) is 7.40. The van der Waals surface area contributed by atoms with Crippen LogP contribution >= 0.6 is 0 Å². The highest BCUT2D eigenvalue weighted by atomic mass is 16.5. The zero-order valence-corrected chi connectivity index (χ0v) is 10.7. The maximum Gasteiger partial charge on any atom is 0.311 e. The average Bonchev–Trinajstić information content (AvgIpc) is 2.65. The molecule has 0 heterocycles. The lowest BCUT2D eigenvalue weighted by atomic mass is 9.90. The van der Waals surface area contributed by atoms with Crippen molar-refractivity contribution in [3.8, 4) is 0 Å². The van der Waals surface area contributed by atoms with Crippen LogP contribution in [0, 0.1) is 5.41 Å². The summed E-state index contributed by atoms with van der Waals surface area (Å²) in [7, 11) is 0. The SMILES string of the molecule is CCC(C)(C)C(=O)OCCC1(O)CCCC1. The largest absolute Gasteiger partial charge is 0.465 e. The standard InChI is InChI=1S/C13H24O3/c1-4-12(2,3)11(14)16-10-9-13(15)7-5-6-8-13/h15H,4-10H2,1-3H3. The van der Waals surface area contributed by atoms with Crippen LogP contribution in [-0.2, 0) is 9.53 Å². The van der Waals surface area contributed by atoms with E-state index in [0.29, 0.717) is 13.0 Å². The predicted molar refractivity (Wildman–Crippen MR) is 63.1 cm³/mol. The minimum Gasteiger partial charge on any atom is -0.465 e. The number of hydrogen-bond acceptors (Lipinski definition) is 3. The van der Waals surface area contributed by atoms with Gasteiger partial charge in [-0.15, -0.1) is 0 Å². The fourth-order valence-corrected chi connectivity index (χ4v) is 1.96. The van der Waals surface area contributed by atoms with Gasteiger partial charge in [-0.25, -0.2) is 0 Å². The maximum atomic E-state index is 11.7. The molecular formula is C13H24O3. The zero-order chi connectivity index (χ0) is 12.2. The van der Waals surface area contributed by atoms with Crippen molar-refractivity contribution in [1.29, 1.82) is 0 Å². The summed E-state index contributed by atoms with van der Waals surface area (Å²) in [4.78, 5) is 11.7. The molecule has 0 atom stereocenters. The van der Waals surface area contributed by atoms with E-state index in [4.69, 9.17) is 4.74 Å². The van der Waals surface area contributed by atoms with Gasteiger partial charge in [-0.1, -0.05) is 19.8 Å². The molecule has 0 aromatic heterocycles. The number of carbonyl (C=O) groups is 1. The molecule has 0 radical (unpaired) electrons. The van der Waals surface area contributed by atoms with Gasteiger partial charge < -0.3 is 9.84 Å². The van der Waals surface area contributed by atoms with Crippen LogP contribution in [0.5, 0.6) is 0 Å². The van der Waals surface area contributed by atoms with E-state index in [1.54, 1.807) is 0 Å². The molecule has 1 aliphatic rings. The monoisotopic (exact) mass is 228 g/mol. The van der Waals surface area contributed by atoms with E-state index in [2.05, 4.69) is 0 Å². The summed E-state index contributed by atoms with van der Waals surface area (Å²) in [5, 5.41) is 10.1. The Morgan fingerprint density at radius 3 is 2.44 bits per heavy atom. The van der Waals surface area contributed by atoms with Crippen LogP contribution in [0.25, 0.3) is 0 Å². The minimum absolute atomic E-state index is 0.156. The first kappa shape index (κ1) is 13.5. The van der Waals surface area contributed by atoms with Gasteiger partial charge in [0.15, 0.2) is 0 Å². The van der Waals surface area contributed by atoms with Gasteiger partial charge in [-0.2, -0.15) is 0 Å². The maximum absolute atomic E-state index is 11.7. The van der Waals surface area contributed by atoms with Crippen LogP contribution in [-0.4, -0.2) is 23.3 Å². The Bertz CT molecular complexity index is 240. The van der Waals surface area contributed by atoms with Crippen molar-refractivity contribution in [3.63, 3.8) is 0 Å². The molecule has 0 aromatic rings.